The number of amides is 1. The Morgan fingerprint density at radius 3 is 2.25 bits per heavy atom. The molecule has 0 aliphatic rings. The van der Waals surface area contributed by atoms with Crippen molar-refractivity contribution in [2.24, 2.45) is 0 Å². The molecule has 124 valence electrons. The molecule has 0 fully saturated rings. The summed E-state index contributed by atoms with van der Waals surface area (Å²) in [6.07, 6.45) is 2.50. The normalized spacial score (nSPS) is 10.7. The number of esters is 1. The predicted octanol–water partition coefficient (Wildman–Crippen LogP) is 3.54. The third kappa shape index (κ3) is 4.22. The molecule has 0 saturated heterocycles. The van der Waals surface area contributed by atoms with Gasteiger partial charge in [-0.1, -0.05) is 12.1 Å². The first-order chi connectivity index (χ1) is 11.4. The number of carbonyl (C=O) groups excluding carboxylic acids is 2. The van der Waals surface area contributed by atoms with E-state index in [2.05, 4.69) is 10.1 Å². The van der Waals surface area contributed by atoms with Crippen molar-refractivity contribution in [3.63, 3.8) is 0 Å². The van der Waals surface area contributed by atoms with Crippen molar-refractivity contribution in [1.82, 2.24) is 0 Å². The first-order valence-electron chi connectivity index (χ1n) is 6.72. The molecule has 0 atom stereocenters. The van der Waals surface area contributed by atoms with Crippen LogP contribution in [0.5, 0.6) is 0 Å². The average Bonchev–Trinajstić information content (AvgIpc) is 2.57. The van der Waals surface area contributed by atoms with E-state index in [1.165, 1.54) is 25.3 Å². The Bertz CT molecular complexity index is 801. The molecule has 0 heterocycles. The maximum absolute atomic E-state index is 13.4. The van der Waals surface area contributed by atoms with Gasteiger partial charge >= 0.3 is 5.97 Å². The van der Waals surface area contributed by atoms with Crippen molar-refractivity contribution in [2.45, 2.75) is 0 Å². The van der Waals surface area contributed by atoms with E-state index in [1.54, 1.807) is 12.1 Å². The smallest absolute Gasteiger partial charge is 0.337 e. The van der Waals surface area contributed by atoms with Gasteiger partial charge in [-0.3, -0.25) is 4.79 Å². The van der Waals surface area contributed by atoms with Gasteiger partial charge in [0.2, 0.25) is 5.91 Å². The monoisotopic (exact) mass is 335 g/mol. The van der Waals surface area contributed by atoms with E-state index in [1.807, 2.05) is 0 Å². The number of nitrogens with one attached hydrogen (secondary N) is 1. The van der Waals surface area contributed by atoms with Crippen molar-refractivity contribution in [2.75, 3.05) is 12.4 Å². The Labute approximate surface area is 135 Å². The Morgan fingerprint density at radius 2 is 1.62 bits per heavy atom. The summed E-state index contributed by atoms with van der Waals surface area (Å²) in [6, 6.07) is 7.08. The fourth-order valence-corrected chi connectivity index (χ4v) is 1.81. The van der Waals surface area contributed by atoms with Crippen molar-refractivity contribution in [1.29, 1.82) is 0 Å². The summed E-state index contributed by atoms with van der Waals surface area (Å²) < 4.78 is 43.8. The second-order valence-corrected chi connectivity index (χ2v) is 4.68. The molecular weight excluding hydrogens is 323 g/mol. The zero-order valence-corrected chi connectivity index (χ0v) is 12.5. The van der Waals surface area contributed by atoms with Crippen LogP contribution in [0.25, 0.3) is 6.08 Å². The van der Waals surface area contributed by atoms with Crippen LogP contribution in [0.15, 0.2) is 42.5 Å². The number of methoxy groups -OCH3 is 1. The van der Waals surface area contributed by atoms with Crippen LogP contribution in [-0.2, 0) is 9.53 Å². The minimum Gasteiger partial charge on any atom is -0.465 e. The molecule has 24 heavy (non-hydrogen) atoms. The lowest BCUT2D eigenvalue weighted by Crippen LogP contribution is -2.10. The fourth-order valence-electron chi connectivity index (χ4n) is 1.81. The lowest BCUT2D eigenvalue weighted by Gasteiger charge is -2.04. The van der Waals surface area contributed by atoms with Gasteiger partial charge < -0.3 is 10.1 Å². The molecule has 0 spiro atoms. The van der Waals surface area contributed by atoms with Crippen LogP contribution in [0.4, 0.5) is 18.9 Å². The molecule has 0 aliphatic heterocycles. The van der Waals surface area contributed by atoms with Gasteiger partial charge in [0.25, 0.3) is 0 Å². The second-order valence-electron chi connectivity index (χ2n) is 4.68. The number of rotatable bonds is 4. The van der Waals surface area contributed by atoms with E-state index in [0.717, 1.165) is 6.08 Å². The van der Waals surface area contributed by atoms with E-state index in [4.69, 9.17) is 0 Å². The van der Waals surface area contributed by atoms with Gasteiger partial charge in [0.05, 0.1) is 18.4 Å². The van der Waals surface area contributed by atoms with Gasteiger partial charge in [-0.05, 0) is 23.8 Å². The topological polar surface area (TPSA) is 55.4 Å². The summed E-state index contributed by atoms with van der Waals surface area (Å²) >= 11 is 0. The number of benzene rings is 2. The molecule has 4 nitrogen and oxygen atoms in total. The van der Waals surface area contributed by atoms with E-state index in [-0.39, 0.29) is 0 Å². The summed E-state index contributed by atoms with van der Waals surface area (Å²) in [4.78, 5) is 23.0. The number of hydrogen-bond acceptors (Lipinski definition) is 3. The molecule has 2 rings (SSSR count). The summed E-state index contributed by atoms with van der Waals surface area (Å²) in [5.74, 6) is -4.91. The number of hydrogen-bond donors (Lipinski definition) is 1. The summed E-state index contributed by atoms with van der Waals surface area (Å²) in [6.45, 7) is 0. The SMILES string of the molecule is COC(=O)c1ccc(C=CC(=O)Nc2cc(F)c(F)cc2F)cc1. The quantitative estimate of drug-likeness (QED) is 0.528. The van der Waals surface area contributed by atoms with E-state index in [0.29, 0.717) is 23.3 Å². The highest BCUT2D eigenvalue weighted by molar-refractivity contribution is 6.02. The van der Waals surface area contributed by atoms with Crippen LogP contribution in [-0.4, -0.2) is 19.0 Å². The molecule has 0 bridgehead atoms. The Hall–Kier alpha value is -3.09. The number of halogens is 3. The van der Waals surface area contributed by atoms with Gasteiger partial charge in [0.1, 0.15) is 5.82 Å². The summed E-state index contributed by atoms with van der Waals surface area (Å²) in [5, 5.41) is 2.11. The Balaban J connectivity index is 2.05. The van der Waals surface area contributed by atoms with Crippen LogP contribution in [0.2, 0.25) is 0 Å². The average molecular weight is 335 g/mol. The zero-order chi connectivity index (χ0) is 17.7. The summed E-state index contributed by atoms with van der Waals surface area (Å²) in [7, 11) is 1.26. The largest absolute Gasteiger partial charge is 0.465 e. The van der Waals surface area contributed by atoms with Crippen LogP contribution in [0, 0.1) is 17.5 Å². The molecule has 7 heteroatoms. The standard InChI is InChI=1S/C17H12F3NO3/c1-24-17(23)11-5-2-10(3-6-11)4-7-16(22)21-15-9-13(19)12(18)8-14(15)20/h2-9H,1H3,(H,21,22). The highest BCUT2D eigenvalue weighted by Crippen LogP contribution is 2.18. The van der Waals surface area contributed by atoms with Crippen LogP contribution in [0.3, 0.4) is 0 Å². The maximum Gasteiger partial charge on any atom is 0.337 e. The lowest BCUT2D eigenvalue weighted by atomic mass is 10.1. The van der Waals surface area contributed by atoms with Crippen LogP contribution in [0.1, 0.15) is 15.9 Å². The highest BCUT2D eigenvalue weighted by atomic mass is 19.2. The van der Waals surface area contributed by atoms with Gasteiger partial charge in [-0.2, -0.15) is 0 Å². The van der Waals surface area contributed by atoms with Crippen molar-refractivity contribution >= 4 is 23.6 Å². The van der Waals surface area contributed by atoms with Crippen molar-refractivity contribution in [3.8, 4) is 0 Å². The summed E-state index contributed by atoms with van der Waals surface area (Å²) in [5.41, 5.74) is 0.483. The highest BCUT2D eigenvalue weighted by Gasteiger charge is 2.11. The van der Waals surface area contributed by atoms with Gasteiger partial charge in [0.15, 0.2) is 11.6 Å². The van der Waals surface area contributed by atoms with E-state index < -0.39 is 35.0 Å². The molecule has 0 aliphatic carbocycles. The second kappa shape index (κ2) is 7.45. The van der Waals surface area contributed by atoms with Gasteiger partial charge in [-0.25, -0.2) is 18.0 Å². The molecule has 0 aromatic heterocycles. The van der Waals surface area contributed by atoms with E-state index >= 15 is 0 Å². The fraction of sp³-hybridized carbons (Fsp3) is 0.0588. The molecule has 1 N–H and O–H groups in total. The van der Waals surface area contributed by atoms with Crippen molar-refractivity contribution < 1.29 is 27.5 Å². The Morgan fingerprint density at radius 1 is 1.00 bits per heavy atom. The maximum atomic E-state index is 13.4. The molecular formula is C17H12F3NO3. The molecule has 2 aromatic rings. The van der Waals surface area contributed by atoms with Gasteiger partial charge in [0, 0.05) is 18.2 Å². The number of carbonyl (C=O) groups is 2. The third-order valence-electron chi connectivity index (χ3n) is 3.03. The van der Waals surface area contributed by atoms with Gasteiger partial charge in [-0.15, -0.1) is 0 Å². The first-order valence-corrected chi connectivity index (χ1v) is 6.72. The third-order valence-corrected chi connectivity index (χ3v) is 3.03. The minimum absolute atomic E-state index is 0.347. The van der Waals surface area contributed by atoms with E-state index in [9.17, 15) is 22.8 Å². The Kier molecular flexibility index (Phi) is 5.36. The first kappa shape index (κ1) is 17.3. The molecule has 0 radical (unpaired) electrons. The number of anilines is 1. The van der Waals surface area contributed by atoms with Crippen LogP contribution < -0.4 is 5.32 Å². The van der Waals surface area contributed by atoms with Crippen molar-refractivity contribution in [3.05, 3.63) is 71.1 Å². The predicted molar refractivity (Wildman–Crippen MR) is 81.8 cm³/mol. The molecule has 0 unspecified atom stereocenters. The molecule has 1 amide bonds. The molecule has 2 aromatic carbocycles. The molecule has 0 saturated carbocycles. The van der Waals surface area contributed by atoms with Crippen LogP contribution >= 0.6 is 0 Å². The number of ether oxygens (including phenoxy) is 1. The lowest BCUT2D eigenvalue weighted by molar-refractivity contribution is -0.111. The zero-order valence-electron chi connectivity index (χ0n) is 12.5. The minimum atomic E-state index is -1.34.